The molecular formula is C15H18BrN3. The lowest BCUT2D eigenvalue weighted by Gasteiger charge is -2.19. The van der Waals surface area contributed by atoms with Gasteiger partial charge in [0, 0.05) is 21.5 Å². The molecule has 19 heavy (non-hydrogen) atoms. The van der Waals surface area contributed by atoms with Crippen LogP contribution in [0.1, 0.15) is 32.0 Å². The van der Waals surface area contributed by atoms with Crippen LogP contribution in [0, 0.1) is 6.92 Å². The quantitative estimate of drug-likeness (QED) is 0.861. The van der Waals surface area contributed by atoms with E-state index < -0.39 is 0 Å². The predicted octanol–water partition coefficient (Wildman–Crippen LogP) is 4.09. The summed E-state index contributed by atoms with van der Waals surface area (Å²) in [6.07, 6.45) is 0. The Balaban J connectivity index is 2.59. The zero-order valence-corrected chi connectivity index (χ0v) is 13.2. The normalized spacial score (nSPS) is 11.6. The molecule has 0 radical (unpaired) electrons. The lowest BCUT2D eigenvalue weighted by molar-refractivity contribution is 0.568. The summed E-state index contributed by atoms with van der Waals surface area (Å²) < 4.78 is 0.984. The van der Waals surface area contributed by atoms with Crippen molar-refractivity contribution in [2.75, 3.05) is 5.73 Å². The molecule has 0 unspecified atom stereocenters. The monoisotopic (exact) mass is 319 g/mol. The smallest absolute Gasteiger partial charge is 0.162 e. The number of hydrogen-bond acceptors (Lipinski definition) is 3. The second kappa shape index (κ2) is 4.93. The minimum Gasteiger partial charge on any atom is -0.384 e. The molecule has 2 N–H and O–H groups in total. The Bertz CT molecular complexity index is 615. The van der Waals surface area contributed by atoms with Gasteiger partial charge in [-0.05, 0) is 24.6 Å². The third-order valence-electron chi connectivity index (χ3n) is 2.88. The Kier molecular flexibility index (Phi) is 3.63. The molecule has 2 aromatic rings. The van der Waals surface area contributed by atoms with Crippen LogP contribution in [-0.2, 0) is 5.41 Å². The van der Waals surface area contributed by atoms with E-state index in [-0.39, 0.29) is 5.41 Å². The van der Waals surface area contributed by atoms with E-state index >= 15 is 0 Å². The highest BCUT2D eigenvalue weighted by molar-refractivity contribution is 9.10. The number of nitrogens with zero attached hydrogens (tertiary/aromatic N) is 2. The number of benzene rings is 1. The fourth-order valence-corrected chi connectivity index (χ4v) is 2.44. The highest BCUT2D eigenvalue weighted by atomic mass is 79.9. The van der Waals surface area contributed by atoms with Crippen LogP contribution in [0.2, 0.25) is 0 Å². The maximum Gasteiger partial charge on any atom is 0.162 e. The average Bonchev–Trinajstić information content (AvgIpc) is 2.26. The van der Waals surface area contributed by atoms with Crippen molar-refractivity contribution in [3.63, 3.8) is 0 Å². The number of rotatable bonds is 1. The van der Waals surface area contributed by atoms with Crippen LogP contribution >= 0.6 is 15.9 Å². The summed E-state index contributed by atoms with van der Waals surface area (Å²) in [6.45, 7) is 8.39. The second-order valence-electron chi connectivity index (χ2n) is 5.73. The van der Waals surface area contributed by atoms with E-state index in [1.807, 2.05) is 18.2 Å². The number of nitrogen functional groups attached to an aromatic ring is 1. The second-order valence-corrected chi connectivity index (χ2v) is 6.59. The van der Waals surface area contributed by atoms with Gasteiger partial charge in [-0.2, -0.15) is 0 Å². The molecule has 1 heterocycles. The highest BCUT2D eigenvalue weighted by Crippen LogP contribution is 2.29. The lowest BCUT2D eigenvalue weighted by atomic mass is 9.92. The minimum absolute atomic E-state index is 0.0526. The number of halogens is 1. The Morgan fingerprint density at radius 3 is 2.37 bits per heavy atom. The zero-order valence-electron chi connectivity index (χ0n) is 11.7. The van der Waals surface area contributed by atoms with Gasteiger partial charge >= 0.3 is 0 Å². The molecule has 0 spiro atoms. The number of aryl methyl sites for hydroxylation is 1. The maximum absolute atomic E-state index is 5.91. The van der Waals surface area contributed by atoms with E-state index in [9.17, 15) is 0 Å². The molecule has 0 aliphatic carbocycles. The first-order valence-electron chi connectivity index (χ1n) is 6.19. The summed E-state index contributed by atoms with van der Waals surface area (Å²) in [5.74, 6) is 1.17. The van der Waals surface area contributed by atoms with Gasteiger partial charge in [-0.3, -0.25) is 0 Å². The molecule has 0 fully saturated rings. The van der Waals surface area contributed by atoms with Gasteiger partial charge in [-0.25, -0.2) is 9.97 Å². The fraction of sp³-hybridized carbons (Fsp3) is 0.333. The lowest BCUT2D eigenvalue weighted by Crippen LogP contribution is -2.15. The van der Waals surface area contributed by atoms with Crippen LogP contribution in [0.25, 0.3) is 11.4 Å². The van der Waals surface area contributed by atoms with Crippen molar-refractivity contribution in [2.24, 2.45) is 0 Å². The SMILES string of the molecule is Cc1ccc(-c2nc(N)cc(C(C)(C)C)n2)c(Br)c1. The average molecular weight is 320 g/mol. The third-order valence-corrected chi connectivity index (χ3v) is 3.54. The Morgan fingerprint density at radius 1 is 1.11 bits per heavy atom. The Hall–Kier alpha value is -1.42. The highest BCUT2D eigenvalue weighted by Gasteiger charge is 2.18. The van der Waals surface area contributed by atoms with E-state index in [2.05, 4.69) is 59.7 Å². The topological polar surface area (TPSA) is 51.8 Å². The maximum atomic E-state index is 5.91. The molecule has 0 saturated carbocycles. The molecule has 0 amide bonds. The molecule has 1 aromatic heterocycles. The molecular weight excluding hydrogens is 302 g/mol. The van der Waals surface area contributed by atoms with E-state index in [0.29, 0.717) is 11.6 Å². The first-order valence-corrected chi connectivity index (χ1v) is 6.98. The van der Waals surface area contributed by atoms with Crippen molar-refractivity contribution in [2.45, 2.75) is 33.1 Å². The minimum atomic E-state index is -0.0526. The van der Waals surface area contributed by atoms with Gasteiger partial charge < -0.3 is 5.73 Å². The number of aromatic nitrogens is 2. The van der Waals surface area contributed by atoms with Gasteiger partial charge in [-0.15, -0.1) is 0 Å². The molecule has 100 valence electrons. The van der Waals surface area contributed by atoms with Crippen LogP contribution < -0.4 is 5.73 Å². The molecule has 0 atom stereocenters. The molecule has 2 rings (SSSR count). The van der Waals surface area contributed by atoms with Gasteiger partial charge in [-0.1, -0.05) is 42.8 Å². The standard InChI is InChI=1S/C15H18BrN3/c1-9-5-6-10(11(16)7-9)14-18-12(15(2,3)4)8-13(17)19-14/h5-8H,1-4H3,(H2,17,18,19). The predicted molar refractivity (Wildman–Crippen MR) is 83.0 cm³/mol. The summed E-state index contributed by atoms with van der Waals surface area (Å²) in [6, 6.07) is 7.95. The first-order chi connectivity index (χ1) is 8.77. The van der Waals surface area contributed by atoms with Gasteiger partial charge in [0.25, 0.3) is 0 Å². The third kappa shape index (κ3) is 3.13. The van der Waals surface area contributed by atoms with Crippen molar-refractivity contribution >= 4 is 21.7 Å². The first kappa shape index (κ1) is 14.0. The fourth-order valence-electron chi connectivity index (χ4n) is 1.77. The van der Waals surface area contributed by atoms with E-state index in [0.717, 1.165) is 15.7 Å². The molecule has 0 aliphatic heterocycles. The molecule has 0 saturated heterocycles. The Morgan fingerprint density at radius 2 is 1.79 bits per heavy atom. The summed E-state index contributed by atoms with van der Waals surface area (Å²) >= 11 is 3.56. The van der Waals surface area contributed by atoms with Crippen LogP contribution in [0.5, 0.6) is 0 Å². The largest absolute Gasteiger partial charge is 0.384 e. The summed E-state index contributed by atoms with van der Waals surface area (Å²) in [4.78, 5) is 8.99. The van der Waals surface area contributed by atoms with Crippen LogP contribution in [0.4, 0.5) is 5.82 Å². The summed E-state index contributed by atoms with van der Waals surface area (Å²) in [5.41, 5.74) is 8.95. The summed E-state index contributed by atoms with van der Waals surface area (Å²) in [7, 11) is 0. The number of nitrogens with two attached hydrogens (primary N) is 1. The van der Waals surface area contributed by atoms with Crippen molar-refractivity contribution in [3.05, 3.63) is 40.0 Å². The van der Waals surface area contributed by atoms with Crippen LogP contribution in [-0.4, -0.2) is 9.97 Å². The van der Waals surface area contributed by atoms with E-state index in [1.165, 1.54) is 5.56 Å². The number of hydrogen-bond donors (Lipinski definition) is 1. The molecule has 1 aromatic carbocycles. The molecule has 0 bridgehead atoms. The molecule has 3 nitrogen and oxygen atoms in total. The van der Waals surface area contributed by atoms with Gasteiger partial charge in [0.05, 0.1) is 5.69 Å². The summed E-state index contributed by atoms with van der Waals surface area (Å²) in [5, 5.41) is 0. The molecule has 0 aliphatic rings. The van der Waals surface area contributed by atoms with Crippen molar-refractivity contribution in [1.82, 2.24) is 9.97 Å². The van der Waals surface area contributed by atoms with Gasteiger partial charge in [0.1, 0.15) is 5.82 Å². The van der Waals surface area contributed by atoms with Gasteiger partial charge in [0.2, 0.25) is 0 Å². The number of anilines is 1. The van der Waals surface area contributed by atoms with Crippen LogP contribution in [0.15, 0.2) is 28.7 Å². The van der Waals surface area contributed by atoms with Crippen molar-refractivity contribution in [1.29, 1.82) is 0 Å². The van der Waals surface area contributed by atoms with Crippen LogP contribution in [0.3, 0.4) is 0 Å². The van der Waals surface area contributed by atoms with E-state index in [1.54, 1.807) is 0 Å². The zero-order chi connectivity index (χ0) is 14.2. The van der Waals surface area contributed by atoms with Crippen molar-refractivity contribution < 1.29 is 0 Å². The van der Waals surface area contributed by atoms with Gasteiger partial charge in [0.15, 0.2) is 5.82 Å². The van der Waals surface area contributed by atoms with Crippen molar-refractivity contribution in [3.8, 4) is 11.4 Å². The Labute approximate surface area is 122 Å². The van der Waals surface area contributed by atoms with E-state index in [4.69, 9.17) is 5.73 Å². The molecule has 4 heteroatoms.